The SMILES string of the molecule is CCOc1ccc(C(=O)Nc2ccc(C)cc2C)cc1C. The van der Waals surface area contributed by atoms with E-state index >= 15 is 0 Å². The van der Waals surface area contributed by atoms with Crippen molar-refractivity contribution in [1.82, 2.24) is 0 Å². The fraction of sp³-hybridized carbons (Fsp3) is 0.278. The summed E-state index contributed by atoms with van der Waals surface area (Å²) < 4.78 is 5.49. The topological polar surface area (TPSA) is 38.3 Å². The zero-order valence-corrected chi connectivity index (χ0v) is 13.0. The number of aryl methyl sites for hydroxylation is 3. The van der Waals surface area contributed by atoms with Gasteiger partial charge in [-0.05, 0) is 63.1 Å². The van der Waals surface area contributed by atoms with Gasteiger partial charge in [-0.1, -0.05) is 17.7 Å². The summed E-state index contributed by atoms with van der Waals surface area (Å²) in [4.78, 5) is 12.3. The molecule has 1 N–H and O–H groups in total. The van der Waals surface area contributed by atoms with Crippen LogP contribution in [0, 0.1) is 20.8 Å². The Morgan fingerprint density at radius 2 is 1.81 bits per heavy atom. The van der Waals surface area contributed by atoms with Crippen LogP contribution in [0.3, 0.4) is 0 Å². The van der Waals surface area contributed by atoms with Crippen LogP contribution in [0.4, 0.5) is 5.69 Å². The van der Waals surface area contributed by atoms with Gasteiger partial charge in [0, 0.05) is 11.3 Å². The average molecular weight is 283 g/mol. The van der Waals surface area contributed by atoms with Gasteiger partial charge in [-0.15, -0.1) is 0 Å². The molecule has 0 aromatic heterocycles. The van der Waals surface area contributed by atoms with Crippen LogP contribution in [-0.4, -0.2) is 12.5 Å². The van der Waals surface area contributed by atoms with Crippen LogP contribution >= 0.6 is 0 Å². The van der Waals surface area contributed by atoms with Gasteiger partial charge in [-0.2, -0.15) is 0 Å². The van der Waals surface area contributed by atoms with Gasteiger partial charge in [0.25, 0.3) is 5.91 Å². The summed E-state index contributed by atoms with van der Waals surface area (Å²) in [6.45, 7) is 8.54. The molecule has 0 radical (unpaired) electrons. The van der Waals surface area contributed by atoms with E-state index in [0.29, 0.717) is 12.2 Å². The summed E-state index contributed by atoms with van der Waals surface area (Å²) in [6.07, 6.45) is 0. The van der Waals surface area contributed by atoms with Crippen molar-refractivity contribution in [2.75, 3.05) is 11.9 Å². The molecule has 0 aliphatic carbocycles. The molecule has 0 atom stereocenters. The molecular weight excluding hydrogens is 262 g/mol. The largest absolute Gasteiger partial charge is 0.494 e. The van der Waals surface area contributed by atoms with Crippen molar-refractivity contribution in [3.63, 3.8) is 0 Å². The molecule has 0 saturated carbocycles. The first-order valence-electron chi connectivity index (χ1n) is 7.13. The number of amides is 1. The quantitative estimate of drug-likeness (QED) is 0.910. The summed E-state index contributed by atoms with van der Waals surface area (Å²) in [6, 6.07) is 11.5. The highest BCUT2D eigenvalue weighted by molar-refractivity contribution is 6.04. The minimum Gasteiger partial charge on any atom is -0.494 e. The lowest BCUT2D eigenvalue weighted by Gasteiger charge is -2.11. The van der Waals surface area contributed by atoms with Crippen LogP contribution in [0.1, 0.15) is 34.0 Å². The van der Waals surface area contributed by atoms with Crippen molar-refractivity contribution >= 4 is 11.6 Å². The van der Waals surface area contributed by atoms with E-state index < -0.39 is 0 Å². The van der Waals surface area contributed by atoms with Crippen molar-refractivity contribution in [1.29, 1.82) is 0 Å². The maximum atomic E-state index is 12.3. The minimum absolute atomic E-state index is 0.104. The summed E-state index contributed by atoms with van der Waals surface area (Å²) in [5.74, 6) is 0.716. The number of hydrogen-bond acceptors (Lipinski definition) is 2. The molecule has 0 fully saturated rings. The van der Waals surface area contributed by atoms with Crippen molar-refractivity contribution < 1.29 is 9.53 Å². The third kappa shape index (κ3) is 3.63. The lowest BCUT2D eigenvalue weighted by molar-refractivity contribution is 0.102. The van der Waals surface area contributed by atoms with E-state index in [1.165, 1.54) is 5.56 Å². The van der Waals surface area contributed by atoms with Crippen molar-refractivity contribution in [2.24, 2.45) is 0 Å². The molecule has 1 amide bonds. The smallest absolute Gasteiger partial charge is 0.255 e. The van der Waals surface area contributed by atoms with Crippen LogP contribution in [0.2, 0.25) is 0 Å². The second-order valence-corrected chi connectivity index (χ2v) is 5.19. The molecule has 21 heavy (non-hydrogen) atoms. The van der Waals surface area contributed by atoms with Crippen LogP contribution < -0.4 is 10.1 Å². The summed E-state index contributed by atoms with van der Waals surface area (Å²) >= 11 is 0. The number of hydrogen-bond donors (Lipinski definition) is 1. The molecule has 0 aliphatic heterocycles. The van der Waals surface area contributed by atoms with Crippen LogP contribution in [0.25, 0.3) is 0 Å². The number of carbonyl (C=O) groups is 1. The Balaban J connectivity index is 2.18. The molecular formula is C18H21NO2. The van der Waals surface area contributed by atoms with Gasteiger partial charge >= 0.3 is 0 Å². The molecule has 2 aromatic rings. The summed E-state index contributed by atoms with van der Waals surface area (Å²) in [5.41, 5.74) is 4.69. The number of carbonyl (C=O) groups excluding carboxylic acids is 1. The van der Waals surface area contributed by atoms with Gasteiger partial charge < -0.3 is 10.1 Å². The Labute approximate surface area is 126 Å². The molecule has 0 aliphatic rings. The Bertz CT molecular complexity index is 662. The fourth-order valence-electron chi connectivity index (χ4n) is 2.26. The van der Waals surface area contributed by atoms with E-state index in [1.54, 1.807) is 6.07 Å². The number of nitrogens with one attached hydrogen (secondary N) is 1. The predicted molar refractivity (Wildman–Crippen MR) is 86.2 cm³/mol. The normalized spacial score (nSPS) is 10.3. The molecule has 3 heteroatoms. The first-order valence-corrected chi connectivity index (χ1v) is 7.13. The lowest BCUT2D eigenvalue weighted by Crippen LogP contribution is -2.13. The van der Waals surface area contributed by atoms with Gasteiger partial charge in [0.05, 0.1) is 6.61 Å². The van der Waals surface area contributed by atoms with Crippen LogP contribution in [0.15, 0.2) is 36.4 Å². The molecule has 3 nitrogen and oxygen atoms in total. The van der Waals surface area contributed by atoms with Gasteiger partial charge in [-0.3, -0.25) is 4.79 Å². The number of anilines is 1. The molecule has 2 aromatic carbocycles. The second-order valence-electron chi connectivity index (χ2n) is 5.19. The van der Waals surface area contributed by atoms with Crippen molar-refractivity contribution in [2.45, 2.75) is 27.7 Å². The van der Waals surface area contributed by atoms with Crippen LogP contribution in [-0.2, 0) is 0 Å². The molecule has 0 spiro atoms. The van der Waals surface area contributed by atoms with Crippen LogP contribution in [0.5, 0.6) is 5.75 Å². The third-order valence-electron chi connectivity index (χ3n) is 3.37. The zero-order valence-electron chi connectivity index (χ0n) is 13.0. The fourth-order valence-corrected chi connectivity index (χ4v) is 2.26. The van der Waals surface area contributed by atoms with E-state index in [4.69, 9.17) is 4.74 Å². The maximum Gasteiger partial charge on any atom is 0.255 e. The molecule has 0 saturated heterocycles. The van der Waals surface area contributed by atoms with Gasteiger partial charge in [-0.25, -0.2) is 0 Å². The predicted octanol–water partition coefficient (Wildman–Crippen LogP) is 4.26. The number of benzene rings is 2. The molecule has 0 heterocycles. The maximum absolute atomic E-state index is 12.3. The molecule has 2 rings (SSSR count). The number of rotatable bonds is 4. The Morgan fingerprint density at radius 3 is 2.43 bits per heavy atom. The monoisotopic (exact) mass is 283 g/mol. The molecule has 0 bridgehead atoms. The van der Waals surface area contributed by atoms with Crippen molar-refractivity contribution in [3.8, 4) is 5.75 Å². The first-order chi connectivity index (χ1) is 10.0. The number of ether oxygens (including phenoxy) is 1. The van der Waals surface area contributed by atoms with E-state index in [1.807, 2.05) is 52.0 Å². The molecule has 0 unspecified atom stereocenters. The minimum atomic E-state index is -0.104. The second kappa shape index (κ2) is 6.44. The van der Waals surface area contributed by atoms with Gasteiger partial charge in [0.15, 0.2) is 0 Å². The standard InChI is InChI=1S/C18H21NO2/c1-5-21-17-9-7-15(11-14(17)4)18(20)19-16-8-6-12(2)10-13(16)3/h6-11H,5H2,1-4H3,(H,19,20). The van der Waals surface area contributed by atoms with E-state index in [-0.39, 0.29) is 5.91 Å². The Morgan fingerprint density at radius 1 is 1.05 bits per heavy atom. The highest BCUT2D eigenvalue weighted by atomic mass is 16.5. The Kier molecular flexibility index (Phi) is 4.63. The average Bonchev–Trinajstić information content (AvgIpc) is 2.44. The van der Waals surface area contributed by atoms with E-state index in [2.05, 4.69) is 11.4 Å². The van der Waals surface area contributed by atoms with Gasteiger partial charge in [0.2, 0.25) is 0 Å². The van der Waals surface area contributed by atoms with Crippen molar-refractivity contribution in [3.05, 3.63) is 58.7 Å². The van der Waals surface area contributed by atoms with E-state index in [0.717, 1.165) is 22.6 Å². The zero-order chi connectivity index (χ0) is 15.4. The van der Waals surface area contributed by atoms with E-state index in [9.17, 15) is 4.79 Å². The highest BCUT2D eigenvalue weighted by Crippen LogP contribution is 2.21. The third-order valence-corrected chi connectivity index (χ3v) is 3.37. The Hall–Kier alpha value is -2.29. The first kappa shape index (κ1) is 15.1. The van der Waals surface area contributed by atoms with Gasteiger partial charge in [0.1, 0.15) is 5.75 Å². The summed E-state index contributed by atoms with van der Waals surface area (Å²) in [5, 5.41) is 2.95. The molecule has 110 valence electrons. The summed E-state index contributed by atoms with van der Waals surface area (Å²) in [7, 11) is 0. The lowest BCUT2D eigenvalue weighted by atomic mass is 10.1. The highest BCUT2D eigenvalue weighted by Gasteiger charge is 2.10.